The summed E-state index contributed by atoms with van der Waals surface area (Å²) < 4.78 is 1.76. The molecule has 1 aromatic carbocycles. The van der Waals surface area contributed by atoms with Gasteiger partial charge in [0.2, 0.25) is 5.91 Å². The third-order valence-corrected chi connectivity index (χ3v) is 3.71. The van der Waals surface area contributed by atoms with Gasteiger partial charge in [-0.15, -0.1) is 0 Å². The molecule has 2 heterocycles. The lowest BCUT2D eigenvalue weighted by Crippen LogP contribution is -2.17. The van der Waals surface area contributed by atoms with Crippen LogP contribution in [0.3, 0.4) is 0 Å². The maximum absolute atomic E-state index is 12.3. The Morgan fingerprint density at radius 2 is 1.69 bits per heavy atom. The maximum atomic E-state index is 12.3. The number of nitrogens with one attached hydrogen (secondary N) is 2. The second-order valence-corrected chi connectivity index (χ2v) is 6.05. The number of aromatic nitrogens is 3. The lowest BCUT2D eigenvalue weighted by Gasteiger charge is -2.09. The monoisotopic (exact) mass is 349 g/mol. The van der Waals surface area contributed by atoms with Crippen molar-refractivity contribution < 1.29 is 9.59 Å². The number of rotatable bonds is 5. The second kappa shape index (κ2) is 7.60. The molecule has 132 valence electrons. The molecule has 3 aromatic rings. The van der Waals surface area contributed by atoms with Gasteiger partial charge in [-0.3, -0.25) is 14.2 Å². The first-order valence-electron chi connectivity index (χ1n) is 8.19. The summed E-state index contributed by atoms with van der Waals surface area (Å²) in [7, 11) is 0. The average Bonchev–Trinajstić information content (AvgIpc) is 3.18. The summed E-state index contributed by atoms with van der Waals surface area (Å²) in [5, 5.41) is 5.61. The third-order valence-electron chi connectivity index (χ3n) is 3.71. The van der Waals surface area contributed by atoms with Gasteiger partial charge in [0, 0.05) is 35.9 Å². The largest absolute Gasteiger partial charge is 0.326 e. The molecule has 7 nitrogen and oxygen atoms in total. The Balaban J connectivity index is 1.63. The van der Waals surface area contributed by atoms with Crippen LogP contribution >= 0.6 is 0 Å². The van der Waals surface area contributed by atoms with E-state index in [1.807, 2.05) is 13.8 Å². The highest BCUT2D eigenvalue weighted by Gasteiger charge is 2.09. The summed E-state index contributed by atoms with van der Waals surface area (Å²) >= 11 is 0. The van der Waals surface area contributed by atoms with Gasteiger partial charge in [-0.2, -0.15) is 0 Å². The Morgan fingerprint density at radius 3 is 2.23 bits per heavy atom. The van der Waals surface area contributed by atoms with Crippen molar-refractivity contribution in [2.75, 3.05) is 10.6 Å². The molecule has 0 aliphatic heterocycles. The van der Waals surface area contributed by atoms with Crippen LogP contribution in [0.15, 0.2) is 61.3 Å². The first kappa shape index (κ1) is 17.3. The van der Waals surface area contributed by atoms with Crippen LogP contribution in [0.25, 0.3) is 5.82 Å². The summed E-state index contributed by atoms with van der Waals surface area (Å²) in [5.41, 5.74) is 1.77. The molecule has 0 spiro atoms. The molecule has 0 atom stereocenters. The average molecular weight is 349 g/mol. The quantitative estimate of drug-likeness (QED) is 0.741. The van der Waals surface area contributed by atoms with Crippen LogP contribution in [0.1, 0.15) is 24.2 Å². The lowest BCUT2D eigenvalue weighted by atomic mass is 10.2. The van der Waals surface area contributed by atoms with Gasteiger partial charge in [0.05, 0.1) is 5.56 Å². The predicted octanol–water partition coefficient (Wildman–Crippen LogP) is 3.11. The van der Waals surface area contributed by atoms with E-state index in [0.29, 0.717) is 22.8 Å². The highest BCUT2D eigenvalue weighted by molar-refractivity contribution is 6.04. The van der Waals surface area contributed by atoms with Crippen LogP contribution in [0.4, 0.5) is 11.4 Å². The summed E-state index contributed by atoms with van der Waals surface area (Å²) in [6.07, 6.45) is 6.60. The van der Waals surface area contributed by atoms with Gasteiger partial charge >= 0.3 is 0 Å². The van der Waals surface area contributed by atoms with Crippen molar-refractivity contribution in [2.45, 2.75) is 13.8 Å². The van der Waals surface area contributed by atoms with Gasteiger partial charge in [-0.1, -0.05) is 13.8 Å². The molecule has 2 N–H and O–H groups in total. The summed E-state index contributed by atoms with van der Waals surface area (Å²) in [6.45, 7) is 3.66. The number of amides is 2. The fraction of sp³-hybridized carbons (Fsp3) is 0.158. The van der Waals surface area contributed by atoms with Crippen LogP contribution in [-0.4, -0.2) is 26.3 Å². The molecule has 0 unspecified atom stereocenters. The maximum Gasteiger partial charge on any atom is 0.257 e. The number of anilines is 2. The molecule has 0 saturated carbocycles. The zero-order valence-electron chi connectivity index (χ0n) is 14.5. The van der Waals surface area contributed by atoms with Crippen LogP contribution in [0.2, 0.25) is 0 Å². The van der Waals surface area contributed by atoms with Crippen molar-refractivity contribution in [1.29, 1.82) is 0 Å². The first-order valence-corrected chi connectivity index (χ1v) is 8.19. The zero-order valence-corrected chi connectivity index (χ0v) is 14.5. The number of nitrogens with zero attached hydrogens (tertiary/aromatic N) is 3. The molecule has 26 heavy (non-hydrogen) atoms. The highest BCUT2D eigenvalue weighted by atomic mass is 16.2. The van der Waals surface area contributed by atoms with E-state index in [-0.39, 0.29) is 17.7 Å². The predicted molar refractivity (Wildman–Crippen MR) is 99.2 cm³/mol. The molecule has 2 amide bonds. The van der Waals surface area contributed by atoms with E-state index >= 15 is 0 Å². The van der Waals surface area contributed by atoms with Gasteiger partial charge in [0.15, 0.2) is 0 Å². The standard InChI is InChI=1S/C19H19N5O2/c1-13(2)18(25)22-15-4-6-16(7-5-15)23-19(26)14-3-8-17(21-11-14)24-10-9-20-12-24/h3-13H,1-2H3,(H,22,25)(H,23,26). The van der Waals surface area contributed by atoms with Crippen LogP contribution in [0.5, 0.6) is 0 Å². The number of hydrogen-bond donors (Lipinski definition) is 2. The Kier molecular flexibility index (Phi) is 5.07. The molecule has 3 rings (SSSR count). The van der Waals surface area contributed by atoms with E-state index in [9.17, 15) is 9.59 Å². The van der Waals surface area contributed by atoms with E-state index in [0.717, 1.165) is 0 Å². The van der Waals surface area contributed by atoms with Crippen molar-refractivity contribution >= 4 is 23.2 Å². The van der Waals surface area contributed by atoms with E-state index in [4.69, 9.17) is 0 Å². The Morgan fingerprint density at radius 1 is 1.00 bits per heavy atom. The summed E-state index contributed by atoms with van der Waals surface area (Å²) in [4.78, 5) is 32.2. The molecule has 7 heteroatoms. The van der Waals surface area contributed by atoms with Crippen molar-refractivity contribution in [3.8, 4) is 5.82 Å². The van der Waals surface area contributed by atoms with Crippen molar-refractivity contribution in [2.24, 2.45) is 5.92 Å². The number of carbonyl (C=O) groups is 2. The number of benzene rings is 1. The number of imidazole rings is 1. The number of hydrogen-bond acceptors (Lipinski definition) is 4. The summed E-state index contributed by atoms with van der Waals surface area (Å²) in [6, 6.07) is 10.4. The van der Waals surface area contributed by atoms with Crippen molar-refractivity contribution in [3.63, 3.8) is 0 Å². The van der Waals surface area contributed by atoms with Crippen LogP contribution in [0, 0.1) is 5.92 Å². The van der Waals surface area contributed by atoms with Crippen LogP contribution in [-0.2, 0) is 4.79 Å². The van der Waals surface area contributed by atoms with Crippen molar-refractivity contribution in [1.82, 2.24) is 14.5 Å². The van der Waals surface area contributed by atoms with Gasteiger partial charge in [-0.25, -0.2) is 9.97 Å². The van der Waals surface area contributed by atoms with E-state index in [2.05, 4.69) is 20.6 Å². The first-order chi connectivity index (χ1) is 12.5. The number of carbonyl (C=O) groups excluding carboxylic acids is 2. The lowest BCUT2D eigenvalue weighted by molar-refractivity contribution is -0.118. The topological polar surface area (TPSA) is 88.9 Å². The third kappa shape index (κ3) is 4.13. The van der Waals surface area contributed by atoms with E-state index in [1.54, 1.807) is 59.7 Å². The van der Waals surface area contributed by atoms with Crippen LogP contribution < -0.4 is 10.6 Å². The smallest absolute Gasteiger partial charge is 0.257 e. The Bertz CT molecular complexity index is 885. The Hall–Kier alpha value is -3.48. The zero-order chi connectivity index (χ0) is 18.5. The minimum Gasteiger partial charge on any atom is -0.326 e. The summed E-state index contributed by atoms with van der Waals surface area (Å²) in [5.74, 6) is 0.288. The molecule has 2 aromatic heterocycles. The normalized spacial score (nSPS) is 10.6. The van der Waals surface area contributed by atoms with Gasteiger partial charge in [0.25, 0.3) is 5.91 Å². The second-order valence-electron chi connectivity index (χ2n) is 6.05. The molecule has 0 bridgehead atoms. The van der Waals surface area contributed by atoms with E-state index in [1.165, 1.54) is 6.20 Å². The molecule has 0 aliphatic carbocycles. The van der Waals surface area contributed by atoms with Gasteiger partial charge in [0.1, 0.15) is 12.1 Å². The van der Waals surface area contributed by atoms with Gasteiger partial charge < -0.3 is 10.6 Å². The minimum absolute atomic E-state index is 0.0501. The molecular formula is C19H19N5O2. The highest BCUT2D eigenvalue weighted by Crippen LogP contribution is 2.15. The molecule has 0 radical (unpaired) electrons. The minimum atomic E-state index is -0.256. The van der Waals surface area contributed by atoms with E-state index < -0.39 is 0 Å². The van der Waals surface area contributed by atoms with Crippen molar-refractivity contribution in [3.05, 3.63) is 66.9 Å². The SMILES string of the molecule is CC(C)C(=O)Nc1ccc(NC(=O)c2ccc(-n3ccnc3)nc2)cc1. The Labute approximate surface area is 151 Å². The molecular weight excluding hydrogens is 330 g/mol. The van der Waals surface area contributed by atoms with Gasteiger partial charge in [-0.05, 0) is 36.4 Å². The molecule has 0 fully saturated rings. The fourth-order valence-corrected chi connectivity index (χ4v) is 2.19. The molecule has 0 aliphatic rings. The fourth-order valence-electron chi connectivity index (χ4n) is 2.19. The molecule has 0 saturated heterocycles. The number of pyridine rings is 1.